The van der Waals surface area contributed by atoms with Gasteiger partial charge in [-0.1, -0.05) is 38.1 Å². The van der Waals surface area contributed by atoms with Crippen molar-refractivity contribution in [2.75, 3.05) is 13.7 Å². The van der Waals surface area contributed by atoms with Gasteiger partial charge in [-0.05, 0) is 48.6 Å². The van der Waals surface area contributed by atoms with Crippen LogP contribution in [-0.4, -0.2) is 45.2 Å². The van der Waals surface area contributed by atoms with Crippen LogP contribution in [0.2, 0.25) is 0 Å². The number of carbonyl (C=O) groups excluding carboxylic acids is 1. The predicted molar refractivity (Wildman–Crippen MR) is 137 cm³/mol. The maximum atomic E-state index is 13.4. The molecule has 1 amide bonds. The minimum Gasteiger partial charge on any atom is -0.494 e. The van der Waals surface area contributed by atoms with Gasteiger partial charge >= 0.3 is 0 Å². The fraction of sp³-hybridized carbons (Fsp3) is 0.448. The van der Waals surface area contributed by atoms with Gasteiger partial charge in [0.2, 0.25) is 5.91 Å². The van der Waals surface area contributed by atoms with E-state index in [0.717, 1.165) is 61.6 Å². The number of halogens is 1. The highest BCUT2D eigenvalue weighted by Gasteiger charge is 2.35. The lowest BCUT2D eigenvalue weighted by Gasteiger charge is -2.29. The highest BCUT2D eigenvalue weighted by atomic mass is 19.1. The molecule has 0 saturated heterocycles. The lowest BCUT2D eigenvalue weighted by Crippen LogP contribution is -2.35. The summed E-state index contributed by atoms with van der Waals surface area (Å²) >= 11 is 0. The number of rotatable bonds is 9. The van der Waals surface area contributed by atoms with E-state index in [-0.39, 0.29) is 11.7 Å². The summed E-state index contributed by atoms with van der Waals surface area (Å²) in [6.45, 7) is 7.09. The van der Waals surface area contributed by atoms with Gasteiger partial charge in [0, 0.05) is 44.1 Å². The van der Waals surface area contributed by atoms with Crippen LogP contribution in [0, 0.1) is 11.7 Å². The first-order valence-corrected chi connectivity index (χ1v) is 12.9. The number of para-hydroxylation sites is 2. The van der Waals surface area contributed by atoms with Gasteiger partial charge in [0.05, 0.1) is 25.0 Å². The Kier molecular flexibility index (Phi) is 7.10. The number of nitrogens with zero attached hydrogens (tertiary/aromatic N) is 4. The Morgan fingerprint density at radius 1 is 1.17 bits per heavy atom. The van der Waals surface area contributed by atoms with Crippen molar-refractivity contribution in [2.45, 2.75) is 65.2 Å². The van der Waals surface area contributed by atoms with Crippen molar-refractivity contribution >= 4 is 5.91 Å². The molecule has 0 atom stereocenters. The van der Waals surface area contributed by atoms with E-state index in [1.165, 1.54) is 23.4 Å². The van der Waals surface area contributed by atoms with E-state index in [2.05, 4.69) is 18.7 Å². The van der Waals surface area contributed by atoms with Crippen LogP contribution in [0.15, 0.2) is 48.5 Å². The molecule has 1 fully saturated rings. The van der Waals surface area contributed by atoms with Crippen molar-refractivity contribution < 1.29 is 13.9 Å². The fourth-order valence-electron chi connectivity index (χ4n) is 5.09. The second kappa shape index (κ2) is 10.4. The molecule has 1 aromatic heterocycles. The molecule has 2 aliphatic rings. The standard InChI is InChI=1S/C29H35FN4O2/c1-20(2)16-29(35)33(23-12-13-23)19-25-24-18-32(17-21-8-10-22(30)11-9-21)15-14-26(24)34(31-25)27-6-4-5-7-28(27)36-3/h4-11,20,23H,12-19H2,1-3H3. The van der Waals surface area contributed by atoms with E-state index >= 15 is 0 Å². The van der Waals surface area contributed by atoms with E-state index in [0.29, 0.717) is 24.9 Å². The Morgan fingerprint density at radius 3 is 2.61 bits per heavy atom. The van der Waals surface area contributed by atoms with Crippen molar-refractivity contribution in [2.24, 2.45) is 5.92 Å². The van der Waals surface area contributed by atoms with Crippen molar-refractivity contribution in [3.8, 4) is 11.4 Å². The second-order valence-corrected chi connectivity index (χ2v) is 10.4. The molecule has 1 aliphatic carbocycles. The van der Waals surface area contributed by atoms with Crippen LogP contribution in [-0.2, 0) is 30.8 Å². The smallest absolute Gasteiger partial charge is 0.223 e. The summed E-state index contributed by atoms with van der Waals surface area (Å²) in [4.78, 5) is 17.6. The monoisotopic (exact) mass is 490 g/mol. The second-order valence-electron chi connectivity index (χ2n) is 10.4. The third-order valence-electron chi connectivity index (χ3n) is 7.06. The van der Waals surface area contributed by atoms with Crippen LogP contribution in [0.4, 0.5) is 4.39 Å². The lowest BCUT2D eigenvalue weighted by atomic mass is 10.0. The summed E-state index contributed by atoms with van der Waals surface area (Å²) in [6, 6.07) is 15.0. The molecule has 6 nitrogen and oxygen atoms in total. The van der Waals surface area contributed by atoms with E-state index < -0.39 is 0 Å². The van der Waals surface area contributed by atoms with Crippen molar-refractivity contribution in [1.29, 1.82) is 0 Å². The van der Waals surface area contributed by atoms with E-state index in [1.54, 1.807) is 7.11 Å². The highest BCUT2D eigenvalue weighted by Crippen LogP contribution is 2.34. The summed E-state index contributed by atoms with van der Waals surface area (Å²) < 4.78 is 21.1. The molecule has 1 aliphatic heterocycles. The van der Waals surface area contributed by atoms with Crippen molar-refractivity contribution in [1.82, 2.24) is 19.6 Å². The molecule has 5 rings (SSSR count). The first-order chi connectivity index (χ1) is 17.4. The normalized spacial score (nSPS) is 15.7. The zero-order chi connectivity index (χ0) is 25.2. The van der Waals surface area contributed by atoms with E-state index in [9.17, 15) is 9.18 Å². The Hall–Kier alpha value is -3.19. The van der Waals surface area contributed by atoms with Crippen LogP contribution in [0.1, 0.15) is 55.6 Å². The number of methoxy groups -OCH3 is 1. The molecule has 3 aromatic rings. The van der Waals surface area contributed by atoms with Gasteiger partial charge in [-0.2, -0.15) is 5.10 Å². The van der Waals surface area contributed by atoms with Gasteiger partial charge in [-0.15, -0.1) is 0 Å². The average Bonchev–Trinajstić information content (AvgIpc) is 3.65. The van der Waals surface area contributed by atoms with Crippen LogP contribution in [0.25, 0.3) is 5.69 Å². The third-order valence-corrected chi connectivity index (χ3v) is 7.06. The molecule has 0 bridgehead atoms. The lowest BCUT2D eigenvalue weighted by molar-refractivity contribution is -0.133. The zero-order valence-electron chi connectivity index (χ0n) is 21.4. The maximum Gasteiger partial charge on any atom is 0.223 e. The largest absolute Gasteiger partial charge is 0.494 e. The zero-order valence-corrected chi connectivity index (χ0v) is 21.4. The number of ether oxygens (including phenoxy) is 1. The molecule has 7 heteroatoms. The molecular formula is C29H35FN4O2. The molecule has 36 heavy (non-hydrogen) atoms. The summed E-state index contributed by atoms with van der Waals surface area (Å²) in [7, 11) is 1.68. The van der Waals surface area contributed by atoms with Crippen LogP contribution < -0.4 is 4.74 Å². The quantitative estimate of drug-likeness (QED) is 0.418. The van der Waals surface area contributed by atoms with Crippen molar-refractivity contribution in [3.05, 3.63) is 76.9 Å². The first-order valence-electron chi connectivity index (χ1n) is 12.9. The molecule has 2 heterocycles. The average molecular weight is 491 g/mol. The molecule has 1 saturated carbocycles. The number of fused-ring (bicyclic) bond motifs is 1. The minimum absolute atomic E-state index is 0.215. The Balaban J connectivity index is 1.48. The number of hydrogen-bond donors (Lipinski definition) is 0. The van der Waals surface area contributed by atoms with Crippen LogP contribution in [0.5, 0.6) is 5.75 Å². The predicted octanol–water partition coefficient (Wildman–Crippen LogP) is 5.12. The van der Waals surface area contributed by atoms with Crippen molar-refractivity contribution in [3.63, 3.8) is 0 Å². The molecule has 0 unspecified atom stereocenters. The fourth-order valence-corrected chi connectivity index (χ4v) is 5.09. The molecule has 2 aromatic carbocycles. The van der Waals surface area contributed by atoms with Gasteiger partial charge in [0.25, 0.3) is 0 Å². The van der Waals surface area contributed by atoms with Gasteiger partial charge < -0.3 is 9.64 Å². The molecule has 190 valence electrons. The summed E-state index contributed by atoms with van der Waals surface area (Å²) in [5, 5.41) is 5.10. The third kappa shape index (κ3) is 5.31. The van der Waals surface area contributed by atoms with Crippen LogP contribution in [0.3, 0.4) is 0 Å². The SMILES string of the molecule is COc1ccccc1-n1nc(CN(C(=O)CC(C)C)C2CC2)c2c1CCN(Cc1ccc(F)cc1)C2. The Bertz CT molecular complexity index is 1220. The highest BCUT2D eigenvalue weighted by molar-refractivity contribution is 5.77. The molecule has 0 spiro atoms. The number of hydrogen-bond acceptors (Lipinski definition) is 4. The summed E-state index contributed by atoms with van der Waals surface area (Å²) in [5.41, 5.74) is 5.34. The van der Waals surface area contributed by atoms with Gasteiger partial charge in [-0.3, -0.25) is 9.69 Å². The first kappa shape index (κ1) is 24.5. The number of aromatic nitrogens is 2. The number of amides is 1. The van der Waals surface area contributed by atoms with Crippen LogP contribution >= 0.6 is 0 Å². The summed E-state index contributed by atoms with van der Waals surface area (Å²) in [6.07, 6.45) is 3.53. The topological polar surface area (TPSA) is 50.6 Å². The maximum absolute atomic E-state index is 13.4. The minimum atomic E-state index is -0.216. The number of benzene rings is 2. The summed E-state index contributed by atoms with van der Waals surface area (Å²) in [5.74, 6) is 1.10. The van der Waals surface area contributed by atoms with Gasteiger partial charge in [0.15, 0.2) is 0 Å². The van der Waals surface area contributed by atoms with E-state index in [4.69, 9.17) is 9.84 Å². The Morgan fingerprint density at radius 2 is 1.92 bits per heavy atom. The Labute approximate surface area is 212 Å². The molecular weight excluding hydrogens is 455 g/mol. The number of carbonyl (C=O) groups is 1. The molecule has 0 radical (unpaired) electrons. The van der Waals surface area contributed by atoms with Gasteiger partial charge in [-0.25, -0.2) is 9.07 Å². The molecule has 0 N–H and O–H groups in total. The van der Waals surface area contributed by atoms with Gasteiger partial charge in [0.1, 0.15) is 17.3 Å². The van der Waals surface area contributed by atoms with E-state index in [1.807, 2.05) is 46.0 Å².